The summed E-state index contributed by atoms with van der Waals surface area (Å²) >= 11 is 6.07. The number of H-pyrrole nitrogens is 1. The van der Waals surface area contributed by atoms with Crippen molar-refractivity contribution < 1.29 is 14.0 Å². The molecule has 0 radical (unpaired) electrons. The number of halogens is 2. The van der Waals surface area contributed by atoms with Crippen LogP contribution in [0.15, 0.2) is 48.5 Å². The fraction of sp³-hybridized carbons (Fsp3) is 0.227. The van der Waals surface area contributed by atoms with Gasteiger partial charge in [-0.05, 0) is 35.7 Å². The maximum absolute atomic E-state index is 14.4. The van der Waals surface area contributed by atoms with Gasteiger partial charge in [0.15, 0.2) is 0 Å². The van der Waals surface area contributed by atoms with Crippen LogP contribution in [0.4, 0.5) is 4.39 Å². The van der Waals surface area contributed by atoms with Crippen LogP contribution in [-0.4, -0.2) is 22.0 Å². The van der Waals surface area contributed by atoms with Crippen molar-refractivity contribution in [3.05, 3.63) is 76.2 Å². The lowest BCUT2D eigenvalue weighted by Gasteiger charge is -2.19. The molecule has 0 saturated heterocycles. The van der Waals surface area contributed by atoms with E-state index in [0.717, 1.165) is 0 Å². The van der Waals surface area contributed by atoms with Crippen molar-refractivity contribution >= 4 is 23.4 Å². The second kappa shape index (κ2) is 9.09. The first kappa shape index (κ1) is 21.5. The molecule has 6 nitrogen and oxygen atoms in total. The average molecular weight is 429 g/mol. The SMILES string of the molecule is CC(C)c1[nH]nc(-c2ccccc2F)c1C(=O)N[C@@H](CC(N)=O)c1cccc(Cl)c1. The number of aromatic nitrogens is 2. The molecule has 0 aliphatic carbocycles. The molecule has 1 atom stereocenters. The van der Waals surface area contributed by atoms with Crippen LogP contribution in [0.1, 0.15) is 53.8 Å². The Morgan fingerprint density at radius 1 is 1.20 bits per heavy atom. The summed E-state index contributed by atoms with van der Waals surface area (Å²) in [6.07, 6.45) is -0.115. The first-order chi connectivity index (χ1) is 14.3. The number of hydrogen-bond acceptors (Lipinski definition) is 3. The second-order valence-electron chi connectivity index (χ2n) is 7.25. The highest BCUT2D eigenvalue weighted by molar-refractivity contribution is 6.30. The number of rotatable bonds is 7. The predicted molar refractivity (Wildman–Crippen MR) is 114 cm³/mol. The molecule has 0 unspecified atom stereocenters. The van der Waals surface area contributed by atoms with Crippen molar-refractivity contribution in [1.29, 1.82) is 0 Å². The topological polar surface area (TPSA) is 101 Å². The lowest BCUT2D eigenvalue weighted by atomic mass is 9.98. The first-order valence-corrected chi connectivity index (χ1v) is 9.83. The van der Waals surface area contributed by atoms with Crippen LogP contribution in [0.5, 0.6) is 0 Å². The van der Waals surface area contributed by atoms with Gasteiger partial charge in [0.1, 0.15) is 11.5 Å². The molecule has 0 saturated carbocycles. The van der Waals surface area contributed by atoms with Crippen LogP contribution in [0, 0.1) is 5.82 Å². The van der Waals surface area contributed by atoms with Gasteiger partial charge >= 0.3 is 0 Å². The summed E-state index contributed by atoms with van der Waals surface area (Å²) in [6, 6.07) is 12.2. The number of nitrogens with two attached hydrogens (primary N) is 1. The molecule has 30 heavy (non-hydrogen) atoms. The van der Waals surface area contributed by atoms with Gasteiger partial charge in [0, 0.05) is 10.6 Å². The van der Waals surface area contributed by atoms with Crippen LogP contribution in [-0.2, 0) is 4.79 Å². The molecule has 3 aromatic rings. The zero-order valence-electron chi connectivity index (χ0n) is 16.6. The van der Waals surface area contributed by atoms with Gasteiger partial charge in [-0.2, -0.15) is 5.10 Å². The summed E-state index contributed by atoms with van der Waals surface area (Å²) in [5.74, 6) is -1.63. The number of nitrogens with one attached hydrogen (secondary N) is 2. The van der Waals surface area contributed by atoms with Gasteiger partial charge in [0.25, 0.3) is 5.91 Å². The van der Waals surface area contributed by atoms with Crippen molar-refractivity contribution in [3.63, 3.8) is 0 Å². The number of aromatic amines is 1. The van der Waals surface area contributed by atoms with Gasteiger partial charge in [-0.3, -0.25) is 14.7 Å². The minimum atomic E-state index is -0.697. The minimum Gasteiger partial charge on any atom is -0.370 e. The minimum absolute atomic E-state index is 0.0699. The smallest absolute Gasteiger partial charge is 0.255 e. The molecule has 0 aliphatic rings. The zero-order valence-corrected chi connectivity index (χ0v) is 17.3. The fourth-order valence-electron chi connectivity index (χ4n) is 3.26. The van der Waals surface area contributed by atoms with Gasteiger partial charge in [-0.25, -0.2) is 4.39 Å². The molecule has 0 aliphatic heterocycles. The average Bonchev–Trinajstić information content (AvgIpc) is 3.13. The number of carbonyl (C=O) groups is 2. The Bertz CT molecular complexity index is 1080. The monoisotopic (exact) mass is 428 g/mol. The molecule has 8 heteroatoms. The summed E-state index contributed by atoms with van der Waals surface area (Å²) in [6.45, 7) is 3.79. The van der Waals surface area contributed by atoms with E-state index in [4.69, 9.17) is 17.3 Å². The van der Waals surface area contributed by atoms with Crippen LogP contribution < -0.4 is 11.1 Å². The molecule has 2 amide bonds. The van der Waals surface area contributed by atoms with E-state index < -0.39 is 23.7 Å². The summed E-state index contributed by atoms with van der Waals surface area (Å²) in [5.41, 5.74) is 7.23. The molecule has 156 valence electrons. The molecule has 0 spiro atoms. The van der Waals surface area contributed by atoms with Crippen LogP contribution >= 0.6 is 11.6 Å². The summed E-state index contributed by atoms with van der Waals surface area (Å²) in [7, 11) is 0. The molecule has 0 fully saturated rings. The summed E-state index contributed by atoms with van der Waals surface area (Å²) in [5, 5.41) is 10.4. The number of hydrogen-bond donors (Lipinski definition) is 3. The number of carbonyl (C=O) groups excluding carboxylic acids is 2. The Balaban J connectivity index is 2.03. The van der Waals surface area contributed by atoms with Crippen LogP contribution in [0.25, 0.3) is 11.3 Å². The lowest BCUT2D eigenvalue weighted by molar-refractivity contribution is -0.118. The molecule has 1 heterocycles. The van der Waals surface area contributed by atoms with Gasteiger partial charge in [-0.1, -0.05) is 49.7 Å². The van der Waals surface area contributed by atoms with E-state index in [2.05, 4.69) is 15.5 Å². The maximum Gasteiger partial charge on any atom is 0.255 e. The highest BCUT2D eigenvalue weighted by Crippen LogP contribution is 2.30. The number of amides is 2. The Labute approximate surface area is 178 Å². The van der Waals surface area contributed by atoms with Crippen LogP contribution in [0.3, 0.4) is 0 Å². The Morgan fingerprint density at radius 2 is 1.93 bits per heavy atom. The van der Waals surface area contributed by atoms with E-state index in [9.17, 15) is 14.0 Å². The van der Waals surface area contributed by atoms with E-state index in [1.54, 1.807) is 42.5 Å². The number of nitrogens with zero attached hydrogens (tertiary/aromatic N) is 1. The Hall–Kier alpha value is -3.19. The Kier molecular flexibility index (Phi) is 6.52. The standard InChI is InChI=1S/C22H22ClFN4O2/c1-12(2)20-19(21(28-27-20)15-8-3-4-9-16(15)24)22(30)26-17(11-18(25)29)13-6-5-7-14(23)10-13/h3-10,12,17H,11H2,1-2H3,(H2,25,29)(H,26,30)(H,27,28)/t17-/m0/s1. The zero-order chi connectivity index (χ0) is 21.8. The molecular weight excluding hydrogens is 407 g/mol. The van der Waals surface area contributed by atoms with E-state index >= 15 is 0 Å². The molecule has 1 aromatic heterocycles. The molecule has 2 aromatic carbocycles. The van der Waals surface area contributed by atoms with E-state index in [-0.39, 0.29) is 29.2 Å². The first-order valence-electron chi connectivity index (χ1n) is 9.45. The van der Waals surface area contributed by atoms with E-state index in [0.29, 0.717) is 16.3 Å². The lowest BCUT2D eigenvalue weighted by Crippen LogP contribution is -2.32. The van der Waals surface area contributed by atoms with Gasteiger partial charge in [-0.15, -0.1) is 0 Å². The van der Waals surface area contributed by atoms with Gasteiger partial charge in [0.2, 0.25) is 5.91 Å². The summed E-state index contributed by atoms with van der Waals surface area (Å²) in [4.78, 5) is 24.9. The molecular formula is C22H22ClFN4O2. The second-order valence-corrected chi connectivity index (χ2v) is 7.68. The van der Waals surface area contributed by atoms with Gasteiger partial charge in [0.05, 0.1) is 23.7 Å². The third-order valence-electron chi connectivity index (χ3n) is 4.69. The number of primary amides is 1. The number of benzene rings is 2. The quantitative estimate of drug-likeness (QED) is 0.521. The molecule has 4 N–H and O–H groups in total. The highest BCUT2D eigenvalue weighted by atomic mass is 35.5. The molecule has 3 rings (SSSR count). The maximum atomic E-state index is 14.4. The van der Waals surface area contributed by atoms with Crippen molar-refractivity contribution in [1.82, 2.24) is 15.5 Å². The summed E-state index contributed by atoms with van der Waals surface area (Å²) < 4.78 is 14.4. The highest BCUT2D eigenvalue weighted by Gasteiger charge is 2.27. The Morgan fingerprint density at radius 3 is 2.57 bits per heavy atom. The van der Waals surface area contributed by atoms with Crippen molar-refractivity contribution in [2.24, 2.45) is 5.73 Å². The van der Waals surface area contributed by atoms with E-state index in [1.807, 2.05) is 13.8 Å². The van der Waals surface area contributed by atoms with Crippen molar-refractivity contribution in [3.8, 4) is 11.3 Å². The van der Waals surface area contributed by atoms with Crippen molar-refractivity contribution in [2.45, 2.75) is 32.2 Å². The largest absolute Gasteiger partial charge is 0.370 e. The van der Waals surface area contributed by atoms with Crippen molar-refractivity contribution in [2.75, 3.05) is 0 Å². The van der Waals surface area contributed by atoms with Gasteiger partial charge < -0.3 is 11.1 Å². The third-order valence-corrected chi connectivity index (χ3v) is 4.92. The van der Waals surface area contributed by atoms with Crippen LogP contribution in [0.2, 0.25) is 5.02 Å². The predicted octanol–water partition coefficient (Wildman–Crippen LogP) is 4.34. The third kappa shape index (κ3) is 4.68. The van der Waals surface area contributed by atoms with E-state index in [1.165, 1.54) is 6.07 Å². The molecule has 0 bridgehead atoms. The fourth-order valence-corrected chi connectivity index (χ4v) is 3.46. The normalized spacial score (nSPS) is 12.0.